The van der Waals surface area contributed by atoms with E-state index in [1.807, 2.05) is 0 Å². The normalized spacial score (nSPS) is 13.9. The first kappa shape index (κ1) is 49.6. The zero-order valence-electron chi connectivity index (χ0n) is 30.4. The molecular formula is C31H48N8O17. The quantitative estimate of drug-likeness (QED) is 0.0352. The predicted octanol–water partition coefficient (Wildman–Crippen LogP) is -5.07. The maximum atomic E-state index is 13.3. The number of primary amides is 1. The van der Waals surface area contributed by atoms with Crippen LogP contribution < -0.4 is 43.4 Å². The number of rotatable bonds is 28. The van der Waals surface area contributed by atoms with Crippen LogP contribution in [-0.2, 0) is 57.5 Å². The molecule has 0 heterocycles. The molecule has 25 heteroatoms. The molecule has 0 saturated carbocycles. The Hall–Kier alpha value is -6.40. The third-order valence-electron chi connectivity index (χ3n) is 7.37. The van der Waals surface area contributed by atoms with Crippen molar-refractivity contribution in [2.75, 3.05) is 6.54 Å². The summed E-state index contributed by atoms with van der Waals surface area (Å²) in [6.45, 7) is 2.41. The van der Waals surface area contributed by atoms with Crippen molar-refractivity contribution in [3.63, 3.8) is 0 Å². The molecule has 0 aliphatic rings. The van der Waals surface area contributed by atoms with Crippen molar-refractivity contribution >= 4 is 71.2 Å². The van der Waals surface area contributed by atoms with Crippen molar-refractivity contribution in [2.24, 2.45) is 17.4 Å². The largest absolute Gasteiger partial charge is 0.481 e. The molecule has 0 radical (unpaired) electrons. The summed E-state index contributed by atoms with van der Waals surface area (Å²) in [6.07, 6.45) is -5.70. The number of carboxylic acid groups (broad SMARTS) is 5. The molecule has 15 N–H and O–H groups in total. The highest BCUT2D eigenvalue weighted by Gasteiger charge is 2.33. The molecule has 7 amide bonds. The topological polar surface area (TPSA) is 430 Å². The Bertz CT molecular complexity index is 1500. The van der Waals surface area contributed by atoms with E-state index in [2.05, 4.69) is 31.9 Å². The van der Waals surface area contributed by atoms with Crippen LogP contribution in [0.15, 0.2) is 0 Å². The lowest BCUT2D eigenvalue weighted by Crippen LogP contribution is -2.58. The Labute approximate surface area is 318 Å². The predicted molar refractivity (Wildman–Crippen MR) is 184 cm³/mol. The van der Waals surface area contributed by atoms with Gasteiger partial charge in [-0.1, -0.05) is 13.8 Å². The number of carboxylic acids is 5. The van der Waals surface area contributed by atoms with Crippen LogP contribution in [0.3, 0.4) is 0 Å². The van der Waals surface area contributed by atoms with Crippen molar-refractivity contribution in [3.05, 3.63) is 0 Å². The summed E-state index contributed by atoms with van der Waals surface area (Å²) in [5, 5.41) is 58.3. The first-order chi connectivity index (χ1) is 25.9. The Morgan fingerprint density at radius 2 is 0.893 bits per heavy atom. The first-order valence-electron chi connectivity index (χ1n) is 16.9. The summed E-state index contributed by atoms with van der Waals surface area (Å²) >= 11 is 0. The third-order valence-corrected chi connectivity index (χ3v) is 7.37. The minimum Gasteiger partial charge on any atom is -0.481 e. The smallest absolute Gasteiger partial charge is 0.326 e. The van der Waals surface area contributed by atoms with Crippen LogP contribution in [0.25, 0.3) is 0 Å². The maximum Gasteiger partial charge on any atom is 0.326 e. The maximum absolute atomic E-state index is 13.3. The van der Waals surface area contributed by atoms with Gasteiger partial charge in [0.2, 0.25) is 41.4 Å². The molecule has 0 rings (SSSR count). The van der Waals surface area contributed by atoms with Crippen molar-refractivity contribution in [1.82, 2.24) is 31.9 Å². The van der Waals surface area contributed by atoms with Crippen LogP contribution in [0.1, 0.15) is 71.6 Å². The number of amides is 7. The van der Waals surface area contributed by atoms with Crippen molar-refractivity contribution < 1.29 is 83.1 Å². The Kier molecular flexibility index (Phi) is 22.0. The van der Waals surface area contributed by atoms with Gasteiger partial charge in [-0.25, -0.2) is 4.79 Å². The zero-order valence-corrected chi connectivity index (χ0v) is 30.4. The van der Waals surface area contributed by atoms with Crippen LogP contribution in [0, 0.1) is 5.92 Å². The van der Waals surface area contributed by atoms with Crippen LogP contribution >= 0.6 is 0 Å². The van der Waals surface area contributed by atoms with Gasteiger partial charge in [0.15, 0.2) is 0 Å². The Balaban J connectivity index is 6.04. The molecule has 0 aromatic carbocycles. The van der Waals surface area contributed by atoms with Crippen LogP contribution in [0.5, 0.6) is 0 Å². The van der Waals surface area contributed by atoms with Gasteiger partial charge in [0.25, 0.3) is 0 Å². The summed E-state index contributed by atoms with van der Waals surface area (Å²) in [6, 6.07) is -10.1. The molecule has 25 nitrogen and oxygen atoms in total. The van der Waals surface area contributed by atoms with E-state index in [9.17, 15) is 67.7 Å². The van der Waals surface area contributed by atoms with E-state index in [0.717, 1.165) is 0 Å². The zero-order chi connectivity index (χ0) is 43.3. The van der Waals surface area contributed by atoms with Crippen molar-refractivity contribution in [3.8, 4) is 0 Å². The lowest BCUT2D eigenvalue weighted by molar-refractivity contribution is -0.143. The summed E-state index contributed by atoms with van der Waals surface area (Å²) in [4.78, 5) is 145. The van der Waals surface area contributed by atoms with Gasteiger partial charge in [-0.05, 0) is 31.6 Å². The highest BCUT2D eigenvalue weighted by molar-refractivity contribution is 5.98. The standard InChI is InChI=1S/C31H48N8O17/c1-13(2)9-19(31(55)56)39-28(52)15(3-6-22(42)43)35-21(41)12-34-27(51)18(11-20(33)40)38-30(54)17(5-8-24(46)47)37-29(53)16(4-7-23(44)45)36-26(50)14(32)10-25(48)49/h13-19H,3-12,32H2,1-2H3,(H2,33,40)(H,34,51)(H,35,41)(H,36,50)(H,37,53)(H,38,54)(H,39,52)(H,42,43)(H,44,45)(H,46,47)(H,48,49)(H,55,56)/t14-,15-,16-,17-,18-,19-/m0/s1. The second-order valence-electron chi connectivity index (χ2n) is 12.7. The van der Waals surface area contributed by atoms with Crippen molar-refractivity contribution in [1.29, 1.82) is 0 Å². The Morgan fingerprint density at radius 1 is 0.500 bits per heavy atom. The minimum absolute atomic E-state index is 0.00425. The molecule has 0 unspecified atom stereocenters. The monoisotopic (exact) mass is 804 g/mol. The van der Waals surface area contributed by atoms with Gasteiger partial charge >= 0.3 is 29.8 Å². The van der Waals surface area contributed by atoms with E-state index in [1.165, 1.54) is 0 Å². The third kappa shape index (κ3) is 21.3. The number of hydrogen-bond acceptors (Lipinski definition) is 13. The number of carbonyl (C=O) groups is 12. The van der Waals surface area contributed by atoms with Gasteiger partial charge in [0.05, 0.1) is 25.4 Å². The summed E-state index contributed by atoms with van der Waals surface area (Å²) < 4.78 is 0. The van der Waals surface area contributed by atoms with Gasteiger partial charge in [-0.3, -0.25) is 52.7 Å². The lowest BCUT2D eigenvalue weighted by Gasteiger charge is -2.25. The number of hydrogen-bond donors (Lipinski definition) is 13. The number of nitrogens with one attached hydrogen (secondary N) is 6. The fourth-order valence-electron chi connectivity index (χ4n) is 4.63. The summed E-state index contributed by atoms with van der Waals surface area (Å²) in [7, 11) is 0. The molecule has 0 saturated heterocycles. The number of carbonyl (C=O) groups excluding carboxylic acids is 7. The van der Waals surface area contributed by atoms with Gasteiger partial charge in [-0.15, -0.1) is 0 Å². The average molecular weight is 805 g/mol. The molecule has 0 aromatic rings. The molecule has 0 aliphatic heterocycles. The van der Waals surface area contributed by atoms with Gasteiger partial charge in [0, 0.05) is 19.3 Å². The van der Waals surface area contributed by atoms with Crippen LogP contribution in [0.4, 0.5) is 0 Å². The van der Waals surface area contributed by atoms with E-state index in [4.69, 9.17) is 26.8 Å². The van der Waals surface area contributed by atoms with Crippen LogP contribution in [0.2, 0.25) is 0 Å². The summed E-state index contributed by atoms with van der Waals surface area (Å²) in [5.74, 6) is -15.6. The van der Waals surface area contributed by atoms with Gasteiger partial charge < -0.3 is 68.9 Å². The molecule has 0 spiro atoms. The SMILES string of the molecule is CC(C)C[C@H](NC(=O)[C@H](CCC(=O)O)NC(=O)CNC(=O)[C@H](CC(N)=O)NC(=O)[C@H](CCC(=O)O)NC(=O)[C@H](CCC(=O)O)NC(=O)[C@@H](N)CC(=O)O)C(=O)O. The Morgan fingerprint density at radius 3 is 1.27 bits per heavy atom. The molecule has 6 atom stereocenters. The van der Waals surface area contributed by atoms with E-state index in [-0.39, 0.29) is 12.3 Å². The average Bonchev–Trinajstić information content (AvgIpc) is 3.06. The molecule has 0 bridgehead atoms. The first-order valence-corrected chi connectivity index (χ1v) is 16.9. The molecule has 0 aliphatic carbocycles. The number of aliphatic carboxylic acids is 5. The molecule has 0 aromatic heterocycles. The lowest BCUT2D eigenvalue weighted by atomic mass is 10.0. The number of nitrogens with two attached hydrogens (primary N) is 2. The highest BCUT2D eigenvalue weighted by Crippen LogP contribution is 2.08. The van der Waals surface area contributed by atoms with Gasteiger partial charge in [-0.2, -0.15) is 0 Å². The van der Waals surface area contributed by atoms with E-state index >= 15 is 0 Å². The minimum atomic E-state index is -1.88. The highest BCUT2D eigenvalue weighted by atomic mass is 16.4. The van der Waals surface area contributed by atoms with Crippen molar-refractivity contribution in [2.45, 2.75) is 108 Å². The van der Waals surface area contributed by atoms with E-state index < -0.39 is 165 Å². The van der Waals surface area contributed by atoms with Gasteiger partial charge in [0.1, 0.15) is 30.2 Å². The summed E-state index contributed by atoms with van der Waals surface area (Å²) in [5.41, 5.74) is 10.7. The fourth-order valence-corrected chi connectivity index (χ4v) is 4.63. The molecular weight excluding hydrogens is 756 g/mol. The molecule has 0 fully saturated rings. The van der Waals surface area contributed by atoms with E-state index in [1.54, 1.807) is 13.8 Å². The second-order valence-corrected chi connectivity index (χ2v) is 12.7. The fraction of sp³-hybridized carbons (Fsp3) is 0.613. The van der Waals surface area contributed by atoms with Crippen LogP contribution in [-0.4, -0.2) is 140 Å². The van der Waals surface area contributed by atoms with E-state index in [0.29, 0.717) is 0 Å². The molecule has 314 valence electrons. The second kappa shape index (κ2) is 24.8. The molecule has 56 heavy (non-hydrogen) atoms.